The normalized spacial score (nSPS) is 10.7. The molecule has 0 unspecified atom stereocenters. The minimum absolute atomic E-state index is 0.307. The summed E-state index contributed by atoms with van der Waals surface area (Å²) in [6.45, 7) is 8.05. The van der Waals surface area contributed by atoms with Gasteiger partial charge in [0.05, 0.1) is 7.11 Å². The lowest BCUT2D eigenvalue weighted by molar-refractivity contribution is 0.0601. The van der Waals surface area contributed by atoms with Crippen molar-refractivity contribution >= 4 is 23.4 Å². The van der Waals surface area contributed by atoms with Gasteiger partial charge in [-0.2, -0.15) is 0 Å². The van der Waals surface area contributed by atoms with Gasteiger partial charge in [0, 0.05) is 29.5 Å². The SMILES string of the molecule is CCCN(CCC)c1c(C(=O)OC)cc(C)n1-c1ccc(Cl)cc1. The molecule has 0 saturated heterocycles. The van der Waals surface area contributed by atoms with Crippen molar-refractivity contribution in [2.45, 2.75) is 33.6 Å². The van der Waals surface area contributed by atoms with Crippen LogP contribution >= 0.6 is 11.6 Å². The highest BCUT2D eigenvalue weighted by atomic mass is 35.5. The zero-order valence-electron chi connectivity index (χ0n) is 14.8. The van der Waals surface area contributed by atoms with Crippen LogP contribution in [0, 0.1) is 6.92 Å². The predicted octanol–water partition coefficient (Wildman–Crippen LogP) is 4.85. The van der Waals surface area contributed by atoms with Gasteiger partial charge in [-0.1, -0.05) is 25.4 Å². The van der Waals surface area contributed by atoms with E-state index in [0.717, 1.165) is 43.1 Å². The van der Waals surface area contributed by atoms with E-state index >= 15 is 0 Å². The van der Waals surface area contributed by atoms with Gasteiger partial charge in [0.25, 0.3) is 0 Å². The number of halogens is 1. The van der Waals surface area contributed by atoms with Crippen molar-refractivity contribution in [3.63, 3.8) is 0 Å². The van der Waals surface area contributed by atoms with E-state index in [1.165, 1.54) is 7.11 Å². The Morgan fingerprint density at radius 2 is 1.75 bits per heavy atom. The Bertz CT molecular complexity index is 686. The molecule has 5 heteroatoms. The maximum absolute atomic E-state index is 12.3. The number of carbonyl (C=O) groups excluding carboxylic acids is 1. The third kappa shape index (κ3) is 3.75. The van der Waals surface area contributed by atoms with Crippen LogP contribution < -0.4 is 4.90 Å². The first kappa shape index (κ1) is 18.4. The molecule has 24 heavy (non-hydrogen) atoms. The van der Waals surface area contributed by atoms with Crippen molar-refractivity contribution in [1.82, 2.24) is 4.57 Å². The van der Waals surface area contributed by atoms with E-state index in [9.17, 15) is 4.79 Å². The number of methoxy groups -OCH3 is 1. The lowest BCUT2D eigenvalue weighted by Crippen LogP contribution is -2.29. The summed E-state index contributed by atoms with van der Waals surface area (Å²) in [6, 6.07) is 9.56. The van der Waals surface area contributed by atoms with Crippen molar-refractivity contribution in [3.8, 4) is 5.69 Å². The summed E-state index contributed by atoms with van der Waals surface area (Å²) in [7, 11) is 1.42. The summed E-state index contributed by atoms with van der Waals surface area (Å²) in [5, 5.41) is 0.692. The molecule has 0 aliphatic rings. The lowest BCUT2D eigenvalue weighted by Gasteiger charge is -2.27. The number of anilines is 1. The van der Waals surface area contributed by atoms with Crippen LogP contribution in [0.15, 0.2) is 30.3 Å². The highest BCUT2D eigenvalue weighted by Gasteiger charge is 2.24. The fraction of sp³-hybridized carbons (Fsp3) is 0.421. The van der Waals surface area contributed by atoms with Gasteiger partial charge >= 0.3 is 5.97 Å². The maximum Gasteiger partial charge on any atom is 0.341 e. The molecule has 0 atom stereocenters. The van der Waals surface area contributed by atoms with Gasteiger partial charge in [-0.3, -0.25) is 0 Å². The monoisotopic (exact) mass is 348 g/mol. The van der Waals surface area contributed by atoms with E-state index in [1.807, 2.05) is 37.3 Å². The van der Waals surface area contributed by atoms with Crippen LogP contribution in [0.5, 0.6) is 0 Å². The number of esters is 1. The molecule has 0 amide bonds. The minimum Gasteiger partial charge on any atom is -0.465 e. The highest BCUT2D eigenvalue weighted by molar-refractivity contribution is 6.30. The second-order valence-corrected chi connectivity index (χ2v) is 6.25. The Kier molecular flexibility index (Phi) is 6.32. The molecule has 0 aliphatic carbocycles. The van der Waals surface area contributed by atoms with E-state index in [0.29, 0.717) is 10.6 Å². The molecule has 4 nitrogen and oxygen atoms in total. The molecule has 0 bridgehead atoms. The molecule has 0 radical (unpaired) electrons. The van der Waals surface area contributed by atoms with Crippen molar-refractivity contribution in [2.24, 2.45) is 0 Å². The van der Waals surface area contributed by atoms with Crippen LogP contribution in [0.3, 0.4) is 0 Å². The maximum atomic E-state index is 12.3. The Hall–Kier alpha value is -1.94. The van der Waals surface area contributed by atoms with Crippen LogP contribution in [-0.4, -0.2) is 30.7 Å². The third-order valence-corrected chi connectivity index (χ3v) is 4.19. The van der Waals surface area contributed by atoms with Crippen molar-refractivity contribution < 1.29 is 9.53 Å². The van der Waals surface area contributed by atoms with Gasteiger partial charge in [-0.05, 0) is 50.1 Å². The molecule has 0 fully saturated rings. The van der Waals surface area contributed by atoms with Crippen LogP contribution in [-0.2, 0) is 4.74 Å². The second kappa shape index (κ2) is 8.25. The zero-order valence-corrected chi connectivity index (χ0v) is 15.6. The first-order valence-electron chi connectivity index (χ1n) is 8.35. The Labute approximate surface area is 149 Å². The first-order chi connectivity index (χ1) is 11.5. The number of carbonyl (C=O) groups is 1. The molecular formula is C19H25ClN2O2. The summed E-state index contributed by atoms with van der Waals surface area (Å²) in [4.78, 5) is 14.6. The number of benzene rings is 1. The fourth-order valence-electron chi connectivity index (χ4n) is 2.98. The van der Waals surface area contributed by atoms with Gasteiger partial charge in [-0.15, -0.1) is 0 Å². The summed E-state index contributed by atoms with van der Waals surface area (Å²) >= 11 is 6.03. The average molecular weight is 349 g/mol. The van der Waals surface area contributed by atoms with Gasteiger partial charge < -0.3 is 14.2 Å². The van der Waals surface area contributed by atoms with E-state index in [2.05, 4.69) is 23.3 Å². The number of aryl methyl sites for hydroxylation is 1. The number of hydrogen-bond acceptors (Lipinski definition) is 3. The number of aromatic nitrogens is 1. The Morgan fingerprint density at radius 1 is 1.17 bits per heavy atom. The van der Waals surface area contributed by atoms with Crippen LogP contribution in [0.4, 0.5) is 5.82 Å². The number of hydrogen-bond donors (Lipinski definition) is 0. The summed E-state index contributed by atoms with van der Waals surface area (Å²) in [5.74, 6) is 0.586. The molecule has 1 aromatic carbocycles. The van der Waals surface area contributed by atoms with Crippen LogP contribution in [0.2, 0.25) is 5.02 Å². The third-order valence-electron chi connectivity index (χ3n) is 3.94. The van der Waals surface area contributed by atoms with Crippen molar-refractivity contribution in [1.29, 1.82) is 0 Å². The number of nitrogens with zero attached hydrogens (tertiary/aromatic N) is 2. The van der Waals surface area contributed by atoms with E-state index < -0.39 is 0 Å². The molecule has 130 valence electrons. The standard InChI is InChI=1S/C19H25ClN2O2/c1-5-11-21(12-6-2)18-17(19(23)24-4)13-14(3)22(18)16-9-7-15(20)8-10-16/h7-10,13H,5-6,11-12H2,1-4H3. The first-order valence-corrected chi connectivity index (χ1v) is 8.72. The molecule has 0 spiro atoms. The molecule has 0 aliphatic heterocycles. The Balaban J connectivity index is 2.66. The quantitative estimate of drug-likeness (QED) is 0.671. The van der Waals surface area contributed by atoms with Gasteiger partial charge in [0.15, 0.2) is 0 Å². The zero-order chi connectivity index (χ0) is 17.7. The second-order valence-electron chi connectivity index (χ2n) is 5.81. The van der Waals surface area contributed by atoms with Gasteiger partial charge in [0.1, 0.15) is 11.4 Å². The largest absolute Gasteiger partial charge is 0.465 e. The topological polar surface area (TPSA) is 34.5 Å². The molecule has 0 saturated carbocycles. The molecule has 1 aromatic heterocycles. The van der Waals surface area contributed by atoms with Gasteiger partial charge in [-0.25, -0.2) is 4.79 Å². The van der Waals surface area contributed by atoms with E-state index in [-0.39, 0.29) is 5.97 Å². The Morgan fingerprint density at radius 3 is 2.25 bits per heavy atom. The van der Waals surface area contributed by atoms with E-state index in [4.69, 9.17) is 16.3 Å². The molecular weight excluding hydrogens is 324 g/mol. The van der Waals surface area contributed by atoms with Crippen LogP contribution in [0.25, 0.3) is 5.69 Å². The average Bonchev–Trinajstić information content (AvgIpc) is 2.92. The van der Waals surface area contributed by atoms with Crippen molar-refractivity contribution in [3.05, 3.63) is 46.6 Å². The number of ether oxygens (including phenoxy) is 1. The lowest BCUT2D eigenvalue weighted by atomic mass is 10.2. The molecule has 2 rings (SSSR count). The smallest absolute Gasteiger partial charge is 0.341 e. The molecule has 1 heterocycles. The summed E-state index contributed by atoms with van der Waals surface area (Å²) in [6.07, 6.45) is 2.01. The fourth-order valence-corrected chi connectivity index (χ4v) is 3.10. The van der Waals surface area contributed by atoms with Gasteiger partial charge in [0.2, 0.25) is 0 Å². The number of rotatable bonds is 7. The highest BCUT2D eigenvalue weighted by Crippen LogP contribution is 2.31. The summed E-state index contributed by atoms with van der Waals surface area (Å²) < 4.78 is 7.11. The molecule has 0 N–H and O–H groups in total. The summed E-state index contributed by atoms with van der Waals surface area (Å²) in [5.41, 5.74) is 2.58. The predicted molar refractivity (Wildman–Crippen MR) is 99.7 cm³/mol. The minimum atomic E-state index is -0.307. The van der Waals surface area contributed by atoms with E-state index in [1.54, 1.807) is 0 Å². The van der Waals surface area contributed by atoms with Crippen molar-refractivity contribution in [2.75, 3.05) is 25.1 Å². The van der Waals surface area contributed by atoms with Crippen LogP contribution in [0.1, 0.15) is 42.7 Å². The molecule has 2 aromatic rings.